The third kappa shape index (κ3) is 126. The standard InChI is InChI=1S/Fe.2Li.Mn.H3O4P.V.2H/c;;;;1-5(2,3)4;;;/h;;;;(H3,1,2,3,4);;;. The smallest absolute Gasteiger partial charge is 0 e. The summed E-state index contributed by atoms with van der Waals surface area (Å²) in [6, 6.07) is 0. The van der Waals surface area contributed by atoms with Crippen molar-refractivity contribution >= 4 is 45.5 Å². The number of phosphoric acid groups is 1. The summed E-state index contributed by atoms with van der Waals surface area (Å²) in [7, 11) is -4.64. The van der Waals surface area contributed by atoms with Gasteiger partial charge in [0.05, 0.1) is 0 Å². The SMILES string of the molecule is O=P(O)(O)O.[Fe].[LiH].[LiH].[Mn].[V]. The van der Waals surface area contributed by atoms with Gasteiger partial charge in [0, 0.05) is 52.7 Å². The molecule has 0 aromatic carbocycles. The van der Waals surface area contributed by atoms with Gasteiger partial charge in [-0.1, -0.05) is 0 Å². The van der Waals surface area contributed by atoms with Crippen LogP contribution in [0.5, 0.6) is 0 Å². The maximum atomic E-state index is 8.88. The Labute approximate surface area is 116 Å². The van der Waals surface area contributed by atoms with E-state index in [1.807, 2.05) is 0 Å². The van der Waals surface area contributed by atoms with E-state index in [0.29, 0.717) is 0 Å². The maximum absolute atomic E-state index is 8.88. The molecule has 3 N–H and O–H groups in total. The topological polar surface area (TPSA) is 77.8 Å². The van der Waals surface area contributed by atoms with Gasteiger partial charge in [0.15, 0.2) is 0 Å². The second-order valence-corrected chi connectivity index (χ2v) is 1.54. The van der Waals surface area contributed by atoms with Crippen LogP contribution < -0.4 is 0 Å². The molecule has 56 valence electrons. The van der Waals surface area contributed by atoms with Gasteiger partial charge in [0.25, 0.3) is 0 Å². The molecule has 0 aromatic rings. The minimum atomic E-state index is -4.64. The molecular formula is H5FeLi2MnO4PV. The Hall–Kier alpha value is 2.93. The fourth-order valence-electron chi connectivity index (χ4n) is 0. The molecule has 10 heteroatoms. The molecule has 2 radical (unpaired) electrons. The summed E-state index contributed by atoms with van der Waals surface area (Å²) in [6.45, 7) is 0. The summed E-state index contributed by atoms with van der Waals surface area (Å²) in [5, 5.41) is 0. The first-order valence-corrected chi connectivity index (χ1v) is 2.35. The van der Waals surface area contributed by atoms with E-state index in [2.05, 4.69) is 0 Å². The van der Waals surface area contributed by atoms with Gasteiger partial charge in [0.2, 0.25) is 0 Å². The summed E-state index contributed by atoms with van der Waals surface area (Å²) >= 11 is 0. The van der Waals surface area contributed by atoms with E-state index < -0.39 is 7.82 Å². The van der Waals surface area contributed by atoms with E-state index >= 15 is 0 Å². The van der Waals surface area contributed by atoms with Crippen molar-refractivity contribution in [3.8, 4) is 0 Å². The first-order valence-electron chi connectivity index (χ1n) is 0.783. The Morgan fingerprint density at radius 2 is 1.00 bits per heavy atom. The van der Waals surface area contributed by atoms with Gasteiger partial charge >= 0.3 is 45.5 Å². The fraction of sp³-hybridized carbons (Fsp3) is 0. The van der Waals surface area contributed by atoms with Gasteiger partial charge in [-0.05, 0) is 0 Å². The van der Waals surface area contributed by atoms with Crippen LogP contribution in [0.25, 0.3) is 0 Å². The van der Waals surface area contributed by atoms with E-state index in [0.717, 1.165) is 0 Å². The summed E-state index contributed by atoms with van der Waals surface area (Å²) in [4.78, 5) is 21.6. The van der Waals surface area contributed by atoms with Crippen molar-refractivity contribution in [3.05, 3.63) is 0 Å². The zero-order chi connectivity index (χ0) is 4.50. The molecule has 0 heterocycles. The average Bonchev–Trinajstić information content (AvgIpc) is 0.722. The maximum Gasteiger partial charge on any atom is 0 e. The van der Waals surface area contributed by atoms with Gasteiger partial charge in [0.1, 0.15) is 0 Å². The molecule has 0 fully saturated rings. The molecule has 0 aromatic heterocycles. The van der Waals surface area contributed by atoms with Gasteiger partial charge in [-0.3, -0.25) is 0 Å². The summed E-state index contributed by atoms with van der Waals surface area (Å²) < 4.78 is 8.88. The molecule has 0 saturated carbocycles. The quantitative estimate of drug-likeness (QED) is 0.345. The van der Waals surface area contributed by atoms with Gasteiger partial charge in [-0.25, -0.2) is 4.57 Å². The molecule has 0 spiro atoms. The molecule has 0 bridgehead atoms. The second-order valence-electron chi connectivity index (χ2n) is 0.513. The molecule has 0 amide bonds. The van der Waals surface area contributed by atoms with Crippen molar-refractivity contribution in [1.29, 1.82) is 0 Å². The van der Waals surface area contributed by atoms with E-state index in [4.69, 9.17) is 19.2 Å². The van der Waals surface area contributed by atoms with Crippen LogP contribution in [0.2, 0.25) is 0 Å². The fourth-order valence-corrected chi connectivity index (χ4v) is 0. The molecule has 0 rings (SSSR count). The van der Waals surface area contributed by atoms with Crippen molar-refractivity contribution < 1.29 is 71.9 Å². The first kappa shape index (κ1) is 38.3. The van der Waals surface area contributed by atoms with Crippen LogP contribution >= 0.6 is 7.82 Å². The minimum Gasteiger partial charge on any atom is 0 e. The summed E-state index contributed by atoms with van der Waals surface area (Å²) in [6.07, 6.45) is 0. The first-order chi connectivity index (χ1) is 2.00. The third-order valence-corrected chi connectivity index (χ3v) is 0. The van der Waals surface area contributed by atoms with Crippen LogP contribution in [-0.4, -0.2) is 52.4 Å². The molecule has 10 heavy (non-hydrogen) atoms. The van der Waals surface area contributed by atoms with Crippen molar-refractivity contribution in [2.75, 3.05) is 0 Å². The Kier molecular flexibility index (Phi) is 68.5. The third-order valence-electron chi connectivity index (χ3n) is 0. The van der Waals surface area contributed by atoms with E-state index in [-0.39, 0.29) is 90.4 Å². The monoisotopic (exact) mass is 276 g/mol. The Morgan fingerprint density at radius 3 is 1.00 bits per heavy atom. The van der Waals surface area contributed by atoms with Crippen LogP contribution in [0, 0.1) is 0 Å². The van der Waals surface area contributed by atoms with Crippen LogP contribution in [-0.2, 0) is 57.3 Å². The van der Waals surface area contributed by atoms with Crippen LogP contribution in [0.4, 0.5) is 0 Å². The van der Waals surface area contributed by atoms with Gasteiger partial charge < -0.3 is 14.7 Å². The largest absolute Gasteiger partial charge is 0 e. The average molecular weight is 276 g/mol. The van der Waals surface area contributed by atoms with Crippen molar-refractivity contribution in [2.45, 2.75) is 0 Å². The van der Waals surface area contributed by atoms with Crippen LogP contribution in [0.1, 0.15) is 0 Å². The van der Waals surface area contributed by atoms with E-state index in [1.54, 1.807) is 0 Å². The molecule has 0 atom stereocenters. The van der Waals surface area contributed by atoms with Crippen molar-refractivity contribution in [2.24, 2.45) is 0 Å². The Balaban J connectivity index is -0.00000000800. The normalized spacial score (nSPS) is 5.90. The molecule has 0 aliphatic carbocycles. The van der Waals surface area contributed by atoms with Gasteiger partial charge in [-0.15, -0.1) is 0 Å². The molecule has 0 aliphatic rings. The van der Waals surface area contributed by atoms with Crippen molar-refractivity contribution in [1.82, 2.24) is 0 Å². The predicted molar refractivity (Wildman–Crippen MR) is 28.6 cm³/mol. The molecular weight excluding hydrogens is 271 g/mol. The zero-order valence-electron chi connectivity index (χ0n) is 3.38. The van der Waals surface area contributed by atoms with Gasteiger partial charge in [-0.2, -0.15) is 0 Å². The molecule has 0 unspecified atom stereocenters. The Bertz CT molecular complexity index is 69.4. The molecule has 0 aliphatic heterocycles. The van der Waals surface area contributed by atoms with Crippen LogP contribution in [0.3, 0.4) is 0 Å². The van der Waals surface area contributed by atoms with Crippen molar-refractivity contribution in [3.63, 3.8) is 0 Å². The Morgan fingerprint density at radius 1 is 1.00 bits per heavy atom. The minimum absolute atomic E-state index is 0. The second kappa shape index (κ2) is 17.9. The zero-order valence-corrected chi connectivity index (χ0v) is 7.95. The molecule has 0 saturated heterocycles. The molecule has 4 nitrogen and oxygen atoms in total. The van der Waals surface area contributed by atoms with E-state index in [9.17, 15) is 0 Å². The number of hydrogen-bond donors (Lipinski definition) is 3. The van der Waals surface area contributed by atoms with E-state index in [1.165, 1.54) is 0 Å². The predicted octanol–water partition coefficient (Wildman–Crippen LogP) is -2.23. The number of hydrogen-bond acceptors (Lipinski definition) is 1. The number of rotatable bonds is 0. The van der Waals surface area contributed by atoms with Crippen LogP contribution in [0.15, 0.2) is 0 Å². The summed E-state index contributed by atoms with van der Waals surface area (Å²) in [5.74, 6) is 0. The summed E-state index contributed by atoms with van der Waals surface area (Å²) in [5.41, 5.74) is 0.